The van der Waals surface area contributed by atoms with Crippen LogP contribution in [0.1, 0.15) is 32.2 Å². The fourth-order valence-corrected chi connectivity index (χ4v) is 1.39. The summed E-state index contributed by atoms with van der Waals surface area (Å²) >= 11 is 0. The summed E-state index contributed by atoms with van der Waals surface area (Å²) in [5, 5.41) is 3.64. The predicted octanol–water partition coefficient (Wildman–Crippen LogP) is 2.55. The molecule has 0 fully saturated rings. The predicted molar refractivity (Wildman–Crippen MR) is 57.8 cm³/mol. The number of hydrogen-bond acceptors (Lipinski definition) is 3. The lowest BCUT2D eigenvalue weighted by Crippen LogP contribution is -2.28. The first kappa shape index (κ1) is 14.5. The highest BCUT2D eigenvalue weighted by molar-refractivity contribution is 5.69. The molecule has 4 nitrogen and oxygen atoms in total. The fourth-order valence-electron chi connectivity index (χ4n) is 1.39. The SMILES string of the molecule is Cc1cc(C(F)(F)F)n(CC(=O)OC(C)(C)C)n1. The van der Waals surface area contributed by atoms with Crippen molar-refractivity contribution in [2.24, 2.45) is 0 Å². The van der Waals surface area contributed by atoms with Gasteiger partial charge in [-0.25, -0.2) is 4.68 Å². The van der Waals surface area contributed by atoms with Gasteiger partial charge in [0.15, 0.2) is 0 Å². The Morgan fingerprint density at radius 2 is 1.94 bits per heavy atom. The number of aryl methyl sites for hydroxylation is 1. The van der Waals surface area contributed by atoms with Gasteiger partial charge in [0.25, 0.3) is 0 Å². The lowest BCUT2D eigenvalue weighted by Gasteiger charge is -2.20. The number of ether oxygens (including phenoxy) is 1. The van der Waals surface area contributed by atoms with Crippen molar-refractivity contribution in [2.75, 3.05) is 0 Å². The Morgan fingerprint density at radius 3 is 2.39 bits per heavy atom. The van der Waals surface area contributed by atoms with E-state index in [1.807, 2.05) is 0 Å². The van der Waals surface area contributed by atoms with Crippen LogP contribution in [0, 0.1) is 6.92 Å². The van der Waals surface area contributed by atoms with Gasteiger partial charge in [0, 0.05) is 0 Å². The van der Waals surface area contributed by atoms with E-state index in [-0.39, 0.29) is 5.69 Å². The average Bonchev–Trinajstić information content (AvgIpc) is 2.41. The maximum absolute atomic E-state index is 12.6. The molecule has 0 aliphatic heterocycles. The molecular weight excluding hydrogens is 249 g/mol. The minimum atomic E-state index is -4.54. The second-order valence-electron chi connectivity index (χ2n) is 4.91. The quantitative estimate of drug-likeness (QED) is 0.771. The van der Waals surface area contributed by atoms with Gasteiger partial charge >= 0.3 is 12.1 Å². The van der Waals surface area contributed by atoms with E-state index in [2.05, 4.69) is 5.10 Å². The van der Waals surface area contributed by atoms with Crippen LogP contribution in [-0.4, -0.2) is 21.4 Å². The monoisotopic (exact) mass is 264 g/mol. The molecule has 1 aromatic heterocycles. The molecular formula is C11H15F3N2O2. The molecule has 18 heavy (non-hydrogen) atoms. The summed E-state index contributed by atoms with van der Waals surface area (Å²) in [6.45, 7) is 5.80. The van der Waals surface area contributed by atoms with Crippen molar-refractivity contribution in [3.63, 3.8) is 0 Å². The number of carbonyl (C=O) groups is 1. The Bertz CT molecular complexity index is 444. The highest BCUT2D eigenvalue weighted by Gasteiger charge is 2.36. The van der Waals surface area contributed by atoms with E-state index in [9.17, 15) is 18.0 Å². The normalized spacial score (nSPS) is 12.6. The fraction of sp³-hybridized carbons (Fsp3) is 0.636. The zero-order valence-electron chi connectivity index (χ0n) is 10.6. The van der Waals surface area contributed by atoms with Gasteiger partial charge in [0.1, 0.15) is 17.8 Å². The number of rotatable bonds is 2. The smallest absolute Gasteiger partial charge is 0.433 e. The number of halogens is 3. The molecule has 102 valence electrons. The van der Waals surface area contributed by atoms with E-state index < -0.39 is 30.0 Å². The third kappa shape index (κ3) is 4.05. The summed E-state index contributed by atoms with van der Waals surface area (Å²) < 4.78 is 43.5. The minimum absolute atomic E-state index is 0.200. The van der Waals surface area contributed by atoms with Crippen LogP contribution in [-0.2, 0) is 22.3 Å². The number of nitrogens with zero attached hydrogens (tertiary/aromatic N) is 2. The average molecular weight is 264 g/mol. The lowest BCUT2D eigenvalue weighted by molar-refractivity contribution is -0.158. The summed E-state index contributed by atoms with van der Waals surface area (Å²) in [4.78, 5) is 11.5. The molecule has 0 N–H and O–H groups in total. The first-order chi connectivity index (χ1) is 7.99. The lowest BCUT2D eigenvalue weighted by atomic mass is 10.2. The second kappa shape index (κ2) is 4.62. The van der Waals surface area contributed by atoms with E-state index in [1.54, 1.807) is 20.8 Å². The Hall–Kier alpha value is -1.53. The molecule has 0 amide bonds. The molecule has 0 atom stereocenters. The molecule has 1 rings (SSSR count). The third-order valence-corrected chi connectivity index (χ3v) is 1.89. The van der Waals surface area contributed by atoms with Gasteiger partial charge in [-0.2, -0.15) is 18.3 Å². The molecule has 1 aromatic rings. The molecule has 0 spiro atoms. The molecule has 0 bridgehead atoms. The van der Waals surface area contributed by atoms with Crippen LogP contribution in [0.3, 0.4) is 0 Å². The molecule has 7 heteroatoms. The number of hydrogen-bond donors (Lipinski definition) is 0. The van der Waals surface area contributed by atoms with Crippen molar-refractivity contribution in [3.05, 3.63) is 17.5 Å². The van der Waals surface area contributed by atoms with Crippen LogP contribution in [0.4, 0.5) is 13.2 Å². The zero-order chi connectivity index (χ0) is 14.1. The number of esters is 1. The van der Waals surface area contributed by atoms with Gasteiger partial charge in [-0.3, -0.25) is 4.79 Å². The molecule has 0 aromatic carbocycles. The molecule has 0 unspecified atom stereocenters. The molecule has 0 saturated carbocycles. The van der Waals surface area contributed by atoms with E-state index in [0.29, 0.717) is 4.68 Å². The molecule has 0 aliphatic rings. The van der Waals surface area contributed by atoms with Crippen LogP contribution in [0.25, 0.3) is 0 Å². The minimum Gasteiger partial charge on any atom is -0.459 e. The van der Waals surface area contributed by atoms with Gasteiger partial charge in [-0.05, 0) is 33.8 Å². The van der Waals surface area contributed by atoms with Crippen molar-refractivity contribution >= 4 is 5.97 Å². The third-order valence-electron chi connectivity index (χ3n) is 1.89. The van der Waals surface area contributed by atoms with E-state index in [1.165, 1.54) is 6.92 Å². The van der Waals surface area contributed by atoms with E-state index in [0.717, 1.165) is 6.07 Å². The van der Waals surface area contributed by atoms with E-state index >= 15 is 0 Å². The first-order valence-electron chi connectivity index (χ1n) is 5.32. The van der Waals surface area contributed by atoms with Crippen LogP contribution < -0.4 is 0 Å². The van der Waals surface area contributed by atoms with Crippen molar-refractivity contribution in [2.45, 2.75) is 46.0 Å². The number of aromatic nitrogens is 2. The summed E-state index contributed by atoms with van der Waals surface area (Å²) in [7, 11) is 0. The van der Waals surface area contributed by atoms with Gasteiger partial charge in [-0.15, -0.1) is 0 Å². The van der Waals surface area contributed by atoms with Crippen molar-refractivity contribution in [1.82, 2.24) is 9.78 Å². The van der Waals surface area contributed by atoms with Crippen LogP contribution in [0.5, 0.6) is 0 Å². The summed E-state index contributed by atoms with van der Waals surface area (Å²) in [6.07, 6.45) is -4.54. The highest BCUT2D eigenvalue weighted by atomic mass is 19.4. The largest absolute Gasteiger partial charge is 0.459 e. The van der Waals surface area contributed by atoms with Crippen LogP contribution >= 0.6 is 0 Å². The van der Waals surface area contributed by atoms with Gasteiger partial charge in [-0.1, -0.05) is 0 Å². The van der Waals surface area contributed by atoms with Gasteiger partial charge in [0.05, 0.1) is 5.69 Å². The van der Waals surface area contributed by atoms with Crippen LogP contribution in [0.15, 0.2) is 6.07 Å². The molecule has 0 aliphatic carbocycles. The zero-order valence-corrected chi connectivity index (χ0v) is 10.6. The molecule has 0 radical (unpaired) electrons. The van der Waals surface area contributed by atoms with Gasteiger partial charge < -0.3 is 4.74 Å². The maximum atomic E-state index is 12.6. The first-order valence-corrected chi connectivity index (χ1v) is 5.32. The van der Waals surface area contributed by atoms with Crippen molar-refractivity contribution in [1.29, 1.82) is 0 Å². The Kier molecular flexibility index (Phi) is 3.73. The number of alkyl halides is 3. The molecule has 0 saturated heterocycles. The standard InChI is InChI=1S/C11H15F3N2O2/c1-7-5-8(11(12,13)14)16(15-7)6-9(17)18-10(2,3)4/h5H,6H2,1-4H3. The number of carbonyl (C=O) groups excluding carboxylic acids is 1. The van der Waals surface area contributed by atoms with Gasteiger partial charge in [0.2, 0.25) is 0 Å². The van der Waals surface area contributed by atoms with Crippen molar-refractivity contribution < 1.29 is 22.7 Å². The summed E-state index contributed by atoms with van der Waals surface area (Å²) in [6, 6.07) is 0.893. The second-order valence-corrected chi connectivity index (χ2v) is 4.91. The Balaban J connectivity index is 2.89. The van der Waals surface area contributed by atoms with Crippen molar-refractivity contribution in [3.8, 4) is 0 Å². The summed E-state index contributed by atoms with van der Waals surface area (Å²) in [5.74, 6) is -0.754. The highest BCUT2D eigenvalue weighted by Crippen LogP contribution is 2.29. The Labute approximate surface area is 103 Å². The van der Waals surface area contributed by atoms with Crippen LogP contribution in [0.2, 0.25) is 0 Å². The Morgan fingerprint density at radius 1 is 1.39 bits per heavy atom. The van der Waals surface area contributed by atoms with E-state index in [4.69, 9.17) is 4.74 Å². The topological polar surface area (TPSA) is 44.1 Å². The maximum Gasteiger partial charge on any atom is 0.433 e. The molecule has 1 heterocycles. The summed E-state index contributed by atoms with van der Waals surface area (Å²) in [5.41, 5.74) is -1.49.